The van der Waals surface area contributed by atoms with E-state index in [0.29, 0.717) is 0 Å². The highest BCUT2D eigenvalue weighted by Crippen LogP contribution is 2.18. The predicted octanol–water partition coefficient (Wildman–Crippen LogP) is 1.30. The van der Waals surface area contributed by atoms with Gasteiger partial charge in [-0.05, 0) is 37.6 Å². The Balaban J connectivity index is 1.77. The molecule has 1 saturated heterocycles. The lowest BCUT2D eigenvalue weighted by molar-refractivity contribution is 0.157. The molecular formula is C16H26N4O. The van der Waals surface area contributed by atoms with Gasteiger partial charge in [0.2, 0.25) is 0 Å². The Kier molecular flexibility index (Phi) is 5.80. The minimum atomic E-state index is 0.727. The molecule has 0 amide bonds. The minimum Gasteiger partial charge on any atom is -0.383 e. The van der Waals surface area contributed by atoms with Crippen LogP contribution in [-0.4, -0.2) is 61.3 Å². The third kappa shape index (κ3) is 4.57. The van der Waals surface area contributed by atoms with Crippen molar-refractivity contribution >= 4 is 0 Å². The number of hydrogen-bond donors (Lipinski definition) is 0. The van der Waals surface area contributed by atoms with Gasteiger partial charge in [-0.3, -0.25) is 0 Å². The van der Waals surface area contributed by atoms with Crippen LogP contribution in [0.4, 0.5) is 0 Å². The summed E-state index contributed by atoms with van der Waals surface area (Å²) in [5, 5.41) is 9.00. The maximum absolute atomic E-state index is 9.00. The molecule has 0 bridgehead atoms. The lowest BCUT2D eigenvalue weighted by atomic mass is 10.1. The van der Waals surface area contributed by atoms with Crippen molar-refractivity contribution in [3.8, 4) is 6.07 Å². The lowest BCUT2D eigenvalue weighted by Crippen LogP contribution is -2.29. The topological polar surface area (TPSA) is 44.4 Å². The van der Waals surface area contributed by atoms with Crippen LogP contribution in [-0.2, 0) is 18.3 Å². The zero-order valence-corrected chi connectivity index (χ0v) is 13.4. The van der Waals surface area contributed by atoms with Crippen molar-refractivity contribution in [1.82, 2.24) is 14.4 Å². The van der Waals surface area contributed by atoms with E-state index in [1.807, 2.05) is 17.7 Å². The molecule has 1 unspecified atom stereocenters. The summed E-state index contributed by atoms with van der Waals surface area (Å²) in [6, 6.07) is 4.20. The van der Waals surface area contributed by atoms with E-state index >= 15 is 0 Å². The summed E-state index contributed by atoms with van der Waals surface area (Å²) < 4.78 is 7.04. The molecule has 0 spiro atoms. The Morgan fingerprint density at radius 3 is 3.00 bits per heavy atom. The average molecular weight is 290 g/mol. The summed E-state index contributed by atoms with van der Waals surface area (Å²) in [4.78, 5) is 4.85. The molecule has 1 aromatic rings. The van der Waals surface area contributed by atoms with E-state index in [4.69, 9.17) is 10.00 Å². The van der Waals surface area contributed by atoms with E-state index in [-0.39, 0.29) is 0 Å². The van der Waals surface area contributed by atoms with Crippen LogP contribution in [0.3, 0.4) is 0 Å². The third-order valence-electron chi connectivity index (χ3n) is 4.18. The Hall–Kier alpha value is -1.35. The van der Waals surface area contributed by atoms with Crippen molar-refractivity contribution in [3.05, 3.63) is 23.5 Å². The van der Waals surface area contributed by atoms with Gasteiger partial charge >= 0.3 is 0 Å². The van der Waals surface area contributed by atoms with Crippen molar-refractivity contribution in [3.63, 3.8) is 0 Å². The number of aromatic nitrogens is 1. The predicted molar refractivity (Wildman–Crippen MR) is 82.9 cm³/mol. The summed E-state index contributed by atoms with van der Waals surface area (Å²) in [5.74, 6) is 0.742. The first-order chi connectivity index (χ1) is 10.1. The molecule has 2 heterocycles. The first-order valence-electron chi connectivity index (χ1n) is 7.57. The molecule has 0 saturated carbocycles. The van der Waals surface area contributed by atoms with Crippen LogP contribution in [0.25, 0.3) is 0 Å². The number of ether oxygens (including phenoxy) is 1. The summed E-state index contributed by atoms with van der Waals surface area (Å²) in [6.07, 6.45) is 3.32. The van der Waals surface area contributed by atoms with E-state index in [1.54, 1.807) is 7.11 Å². The monoisotopic (exact) mass is 290 g/mol. The minimum absolute atomic E-state index is 0.727. The Morgan fingerprint density at radius 1 is 1.52 bits per heavy atom. The number of aryl methyl sites for hydroxylation is 1. The number of methoxy groups -OCH3 is 1. The van der Waals surface area contributed by atoms with Gasteiger partial charge in [0.25, 0.3) is 0 Å². The molecule has 0 aromatic carbocycles. The second-order valence-electron chi connectivity index (χ2n) is 6.10. The number of rotatable bonds is 7. The maximum atomic E-state index is 9.00. The smallest absolute Gasteiger partial charge is 0.120 e. The molecule has 0 radical (unpaired) electrons. The number of nitriles is 1. The van der Waals surface area contributed by atoms with Crippen LogP contribution in [0.5, 0.6) is 0 Å². The average Bonchev–Trinajstić information content (AvgIpc) is 3.02. The second-order valence-corrected chi connectivity index (χ2v) is 6.10. The van der Waals surface area contributed by atoms with Crippen molar-refractivity contribution in [2.75, 3.05) is 46.9 Å². The van der Waals surface area contributed by atoms with Crippen LogP contribution in [0.2, 0.25) is 0 Å². The van der Waals surface area contributed by atoms with Gasteiger partial charge in [-0.2, -0.15) is 5.26 Å². The summed E-state index contributed by atoms with van der Waals surface area (Å²) >= 11 is 0. The molecule has 5 heteroatoms. The van der Waals surface area contributed by atoms with Crippen molar-refractivity contribution in [2.24, 2.45) is 13.0 Å². The van der Waals surface area contributed by atoms with E-state index in [9.17, 15) is 0 Å². The third-order valence-corrected chi connectivity index (χ3v) is 4.18. The van der Waals surface area contributed by atoms with Gasteiger partial charge in [0.15, 0.2) is 0 Å². The van der Waals surface area contributed by atoms with E-state index in [1.165, 1.54) is 25.1 Å². The molecule has 1 atom stereocenters. The van der Waals surface area contributed by atoms with Gasteiger partial charge in [0.05, 0.1) is 6.61 Å². The molecule has 1 aliphatic rings. The summed E-state index contributed by atoms with van der Waals surface area (Å²) in [6.45, 7) is 6.24. The zero-order valence-electron chi connectivity index (χ0n) is 13.4. The fraction of sp³-hybridized carbons (Fsp3) is 0.688. The molecule has 1 aromatic heterocycles. The van der Waals surface area contributed by atoms with Crippen LogP contribution < -0.4 is 0 Å². The van der Waals surface area contributed by atoms with Crippen LogP contribution >= 0.6 is 0 Å². The normalized spacial score (nSPS) is 19.3. The Bertz CT molecular complexity index is 491. The van der Waals surface area contributed by atoms with Crippen LogP contribution in [0.1, 0.15) is 17.7 Å². The molecule has 1 aliphatic heterocycles. The molecule has 1 fully saturated rings. The van der Waals surface area contributed by atoms with E-state index in [0.717, 1.165) is 37.9 Å². The van der Waals surface area contributed by atoms with Crippen molar-refractivity contribution < 1.29 is 4.74 Å². The number of likely N-dealkylation sites (tertiary alicyclic amines) is 1. The van der Waals surface area contributed by atoms with Crippen molar-refractivity contribution in [2.45, 2.75) is 13.0 Å². The summed E-state index contributed by atoms with van der Waals surface area (Å²) in [5.41, 5.74) is 1.94. The van der Waals surface area contributed by atoms with Gasteiger partial charge in [0.1, 0.15) is 11.8 Å². The van der Waals surface area contributed by atoms with Gasteiger partial charge in [-0.15, -0.1) is 0 Å². The fourth-order valence-corrected chi connectivity index (χ4v) is 3.13. The zero-order chi connectivity index (χ0) is 15.2. The highest BCUT2D eigenvalue weighted by Gasteiger charge is 2.23. The largest absolute Gasteiger partial charge is 0.383 e. The molecule has 0 aliphatic carbocycles. The van der Waals surface area contributed by atoms with Gasteiger partial charge in [-0.1, -0.05) is 0 Å². The first-order valence-corrected chi connectivity index (χ1v) is 7.57. The van der Waals surface area contributed by atoms with E-state index < -0.39 is 0 Å². The molecule has 0 N–H and O–H groups in total. The second kappa shape index (κ2) is 7.60. The van der Waals surface area contributed by atoms with Gasteiger partial charge in [0, 0.05) is 46.5 Å². The summed E-state index contributed by atoms with van der Waals surface area (Å²) in [7, 11) is 5.85. The maximum Gasteiger partial charge on any atom is 0.120 e. The fourth-order valence-electron chi connectivity index (χ4n) is 3.13. The standard InChI is InChI=1S/C16H26N4O/c1-18(11-15-8-16(9-17)19(2)12-15)10-14-4-5-20(13-14)6-7-21-3/h8,12,14H,4-7,10-11,13H2,1-3H3. The lowest BCUT2D eigenvalue weighted by Gasteiger charge is -2.21. The highest BCUT2D eigenvalue weighted by molar-refractivity contribution is 5.28. The molecule has 21 heavy (non-hydrogen) atoms. The highest BCUT2D eigenvalue weighted by atomic mass is 16.5. The first kappa shape index (κ1) is 16.0. The van der Waals surface area contributed by atoms with Gasteiger partial charge < -0.3 is 19.1 Å². The van der Waals surface area contributed by atoms with Crippen molar-refractivity contribution in [1.29, 1.82) is 5.26 Å². The Labute approximate surface area is 127 Å². The van der Waals surface area contributed by atoms with Gasteiger partial charge in [-0.25, -0.2) is 0 Å². The molecule has 5 nitrogen and oxygen atoms in total. The SMILES string of the molecule is COCCN1CCC(CN(C)Cc2cc(C#N)n(C)c2)C1. The molecule has 2 rings (SSSR count). The number of hydrogen-bond acceptors (Lipinski definition) is 4. The number of nitrogens with zero attached hydrogens (tertiary/aromatic N) is 4. The Morgan fingerprint density at radius 2 is 2.33 bits per heavy atom. The quantitative estimate of drug-likeness (QED) is 0.759. The molecular weight excluding hydrogens is 264 g/mol. The van der Waals surface area contributed by atoms with E-state index in [2.05, 4.69) is 29.1 Å². The van der Waals surface area contributed by atoms with Crippen LogP contribution in [0, 0.1) is 17.2 Å². The van der Waals surface area contributed by atoms with Crippen LogP contribution in [0.15, 0.2) is 12.3 Å². The molecule has 116 valence electrons.